The lowest BCUT2D eigenvalue weighted by atomic mass is 10.2. The van der Waals surface area contributed by atoms with Gasteiger partial charge in [0, 0.05) is 23.8 Å². The molecule has 3 rings (SSSR count). The molecule has 0 amide bonds. The molecular formula is C18H12F6N4. The first-order valence-electron chi connectivity index (χ1n) is 7.82. The van der Waals surface area contributed by atoms with E-state index in [1.54, 1.807) is 0 Å². The third-order valence-corrected chi connectivity index (χ3v) is 3.65. The number of benzene rings is 2. The van der Waals surface area contributed by atoms with Gasteiger partial charge in [0.15, 0.2) is 11.6 Å². The van der Waals surface area contributed by atoms with Gasteiger partial charge in [-0.2, -0.15) is 26.3 Å². The molecule has 0 fully saturated rings. The van der Waals surface area contributed by atoms with Crippen LogP contribution in [0, 0.1) is 0 Å². The van der Waals surface area contributed by atoms with Crippen molar-refractivity contribution in [2.24, 2.45) is 0 Å². The van der Waals surface area contributed by atoms with Crippen LogP contribution in [0.3, 0.4) is 0 Å². The minimum atomic E-state index is -4.44. The Balaban J connectivity index is 1.78. The molecule has 0 unspecified atom stereocenters. The molecule has 0 atom stereocenters. The van der Waals surface area contributed by atoms with Crippen LogP contribution in [-0.2, 0) is 12.4 Å². The van der Waals surface area contributed by atoms with Crippen molar-refractivity contribution >= 4 is 23.0 Å². The van der Waals surface area contributed by atoms with E-state index in [2.05, 4.69) is 20.6 Å². The van der Waals surface area contributed by atoms with Crippen molar-refractivity contribution in [2.45, 2.75) is 12.4 Å². The summed E-state index contributed by atoms with van der Waals surface area (Å²) in [6.45, 7) is 0. The third-order valence-electron chi connectivity index (χ3n) is 3.65. The zero-order valence-electron chi connectivity index (χ0n) is 13.9. The van der Waals surface area contributed by atoms with E-state index in [-0.39, 0.29) is 11.6 Å². The molecule has 2 N–H and O–H groups in total. The largest absolute Gasteiger partial charge is 0.416 e. The highest BCUT2D eigenvalue weighted by molar-refractivity contribution is 5.72. The lowest BCUT2D eigenvalue weighted by Crippen LogP contribution is -2.06. The fraction of sp³-hybridized carbons (Fsp3) is 0.111. The maximum atomic E-state index is 12.6. The Bertz CT molecular complexity index is 856. The molecule has 1 heterocycles. The molecule has 0 aliphatic rings. The van der Waals surface area contributed by atoms with Gasteiger partial charge in [0.25, 0.3) is 0 Å². The molecule has 2 aromatic carbocycles. The molecule has 0 aliphatic heterocycles. The van der Waals surface area contributed by atoms with E-state index in [0.717, 1.165) is 24.3 Å². The molecule has 1 aromatic heterocycles. The minimum Gasteiger partial charge on any atom is -0.337 e. The average Bonchev–Trinajstić information content (AvgIpc) is 2.63. The van der Waals surface area contributed by atoms with Crippen LogP contribution in [-0.4, -0.2) is 9.97 Å². The number of aromatic nitrogens is 2. The van der Waals surface area contributed by atoms with Crippen molar-refractivity contribution in [3.63, 3.8) is 0 Å². The van der Waals surface area contributed by atoms with E-state index in [9.17, 15) is 26.3 Å². The number of hydrogen-bond donors (Lipinski definition) is 2. The monoisotopic (exact) mass is 398 g/mol. The number of rotatable bonds is 4. The van der Waals surface area contributed by atoms with Gasteiger partial charge >= 0.3 is 12.4 Å². The first-order valence-corrected chi connectivity index (χ1v) is 7.82. The number of alkyl halides is 6. The Morgan fingerprint density at radius 3 is 1.14 bits per heavy atom. The molecule has 0 saturated carbocycles. The van der Waals surface area contributed by atoms with Gasteiger partial charge < -0.3 is 10.6 Å². The second-order valence-corrected chi connectivity index (χ2v) is 5.65. The Hall–Kier alpha value is -3.30. The van der Waals surface area contributed by atoms with Crippen LogP contribution in [0.15, 0.2) is 60.9 Å². The summed E-state index contributed by atoms with van der Waals surface area (Å²) in [5, 5.41) is 5.65. The molecule has 0 aliphatic carbocycles. The molecule has 28 heavy (non-hydrogen) atoms. The number of halogens is 6. The summed E-state index contributed by atoms with van der Waals surface area (Å²) in [7, 11) is 0. The normalized spacial score (nSPS) is 11.9. The van der Waals surface area contributed by atoms with Crippen LogP contribution in [0.5, 0.6) is 0 Å². The minimum absolute atomic E-state index is 0.196. The smallest absolute Gasteiger partial charge is 0.337 e. The summed E-state index contributed by atoms with van der Waals surface area (Å²) >= 11 is 0. The maximum Gasteiger partial charge on any atom is 0.416 e. The summed E-state index contributed by atoms with van der Waals surface area (Å²) in [6.07, 6.45) is -6.16. The highest BCUT2D eigenvalue weighted by atomic mass is 19.4. The molecule has 146 valence electrons. The quantitative estimate of drug-likeness (QED) is 0.529. The number of nitrogens with one attached hydrogen (secondary N) is 2. The van der Waals surface area contributed by atoms with Gasteiger partial charge in [-0.1, -0.05) is 0 Å². The van der Waals surface area contributed by atoms with E-state index in [0.29, 0.717) is 11.4 Å². The summed E-state index contributed by atoms with van der Waals surface area (Å²) < 4.78 is 75.8. The summed E-state index contributed by atoms with van der Waals surface area (Å²) in [4.78, 5) is 8.12. The van der Waals surface area contributed by atoms with Crippen molar-refractivity contribution < 1.29 is 26.3 Å². The van der Waals surface area contributed by atoms with Gasteiger partial charge in [-0.3, -0.25) is 0 Å². The number of nitrogens with zero attached hydrogens (tertiary/aromatic N) is 2. The maximum absolute atomic E-state index is 12.6. The number of hydrogen-bond acceptors (Lipinski definition) is 4. The molecule has 4 nitrogen and oxygen atoms in total. The fourth-order valence-electron chi connectivity index (χ4n) is 2.28. The van der Waals surface area contributed by atoms with E-state index < -0.39 is 23.5 Å². The predicted molar refractivity (Wildman–Crippen MR) is 91.5 cm³/mol. The van der Waals surface area contributed by atoms with Crippen LogP contribution < -0.4 is 10.6 Å². The average molecular weight is 398 g/mol. The van der Waals surface area contributed by atoms with E-state index in [4.69, 9.17) is 0 Å². The van der Waals surface area contributed by atoms with Crippen LogP contribution >= 0.6 is 0 Å². The molecule has 3 aromatic rings. The van der Waals surface area contributed by atoms with Gasteiger partial charge in [0.1, 0.15) is 0 Å². The molecular weight excluding hydrogens is 386 g/mol. The summed E-state index contributed by atoms with van der Waals surface area (Å²) in [5.74, 6) is 0.393. The molecule has 10 heteroatoms. The topological polar surface area (TPSA) is 49.8 Å². The molecule has 0 spiro atoms. The van der Waals surface area contributed by atoms with Gasteiger partial charge in [-0.15, -0.1) is 0 Å². The Kier molecular flexibility index (Phi) is 5.12. The van der Waals surface area contributed by atoms with Gasteiger partial charge in [0.05, 0.1) is 11.1 Å². The van der Waals surface area contributed by atoms with E-state index in [1.807, 2.05) is 0 Å². The Morgan fingerprint density at radius 1 is 0.536 bits per heavy atom. The van der Waals surface area contributed by atoms with Crippen LogP contribution in [0.1, 0.15) is 11.1 Å². The first-order chi connectivity index (χ1) is 13.1. The SMILES string of the molecule is FC(F)(F)c1ccc(Nc2nccnc2Nc2ccc(C(F)(F)F)cc2)cc1. The third kappa shape index (κ3) is 4.70. The fourth-order valence-corrected chi connectivity index (χ4v) is 2.28. The van der Waals surface area contributed by atoms with Crippen LogP contribution in [0.4, 0.5) is 49.4 Å². The highest BCUT2D eigenvalue weighted by Gasteiger charge is 2.30. The molecule has 0 radical (unpaired) electrons. The zero-order valence-corrected chi connectivity index (χ0v) is 13.9. The Morgan fingerprint density at radius 2 is 0.857 bits per heavy atom. The lowest BCUT2D eigenvalue weighted by Gasteiger charge is -2.13. The van der Waals surface area contributed by atoms with Crippen molar-refractivity contribution in [1.29, 1.82) is 0 Å². The number of anilines is 4. The van der Waals surface area contributed by atoms with Gasteiger partial charge in [-0.25, -0.2) is 9.97 Å². The summed E-state index contributed by atoms with van der Waals surface area (Å²) in [5.41, 5.74) is -0.909. The van der Waals surface area contributed by atoms with Crippen molar-refractivity contribution in [2.75, 3.05) is 10.6 Å². The first kappa shape index (κ1) is 19.5. The van der Waals surface area contributed by atoms with Crippen molar-refractivity contribution in [3.8, 4) is 0 Å². The second kappa shape index (κ2) is 7.37. The Labute approximate surface area is 155 Å². The van der Waals surface area contributed by atoms with Crippen molar-refractivity contribution in [1.82, 2.24) is 9.97 Å². The van der Waals surface area contributed by atoms with Gasteiger partial charge in [-0.05, 0) is 48.5 Å². The second-order valence-electron chi connectivity index (χ2n) is 5.65. The van der Waals surface area contributed by atoms with E-state index in [1.165, 1.54) is 36.7 Å². The standard InChI is InChI=1S/C18H12F6N4/c19-17(20,21)11-1-5-13(6-2-11)27-15-16(26-10-9-25-15)28-14-7-3-12(4-8-14)18(22,23)24/h1-10H,(H,25,27)(H,26,28). The van der Waals surface area contributed by atoms with Crippen LogP contribution in [0.25, 0.3) is 0 Å². The van der Waals surface area contributed by atoms with Gasteiger partial charge in [0.2, 0.25) is 0 Å². The molecule has 0 saturated heterocycles. The predicted octanol–water partition coefficient (Wildman–Crippen LogP) is 6.00. The van der Waals surface area contributed by atoms with Crippen LogP contribution in [0.2, 0.25) is 0 Å². The van der Waals surface area contributed by atoms with E-state index >= 15 is 0 Å². The van der Waals surface area contributed by atoms with Crippen molar-refractivity contribution in [3.05, 3.63) is 72.1 Å². The highest BCUT2D eigenvalue weighted by Crippen LogP contribution is 2.32. The lowest BCUT2D eigenvalue weighted by molar-refractivity contribution is -0.138. The zero-order chi connectivity index (χ0) is 20.4. The molecule has 0 bridgehead atoms. The summed E-state index contributed by atoms with van der Waals surface area (Å²) in [6, 6.07) is 8.62.